The molecule has 0 unspecified atom stereocenters. The van der Waals surface area contributed by atoms with E-state index < -0.39 is 5.97 Å². The van der Waals surface area contributed by atoms with Gasteiger partial charge in [-0.05, 0) is 21.5 Å². The van der Waals surface area contributed by atoms with Gasteiger partial charge in [0.15, 0.2) is 0 Å². The van der Waals surface area contributed by atoms with Crippen molar-refractivity contribution >= 4 is 21.9 Å². The van der Waals surface area contributed by atoms with E-state index in [1.54, 1.807) is 0 Å². The maximum Gasteiger partial charge on any atom is 0.308 e. The molecule has 0 aliphatic carbocycles. The molecule has 6 heteroatoms. The van der Waals surface area contributed by atoms with Crippen molar-refractivity contribution in [3.05, 3.63) is 62.5 Å². The number of hydrogen-bond donors (Lipinski definition) is 2. The van der Waals surface area contributed by atoms with E-state index in [0.29, 0.717) is 5.56 Å². The Balaban J connectivity index is 2.27. The Morgan fingerprint density at radius 1 is 1.30 bits per heavy atom. The molecule has 2 rings (SSSR count). The van der Waals surface area contributed by atoms with Gasteiger partial charge in [0.1, 0.15) is 16.8 Å². The number of benzene rings is 1. The summed E-state index contributed by atoms with van der Waals surface area (Å²) in [5.41, 5.74) is 0.989. The van der Waals surface area contributed by atoms with Crippen LogP contribution in [0.15, 0.2) is 45.8 Å². The van der Waals surface area contributed by atoms with Crippen LogP contribution in [0.25, 0.3) is 0 Å². The molecule has 1 heterocycles. The highest BCUT2D eigenvalue weighted by Crippen LogP contribution is 2.26. The first-order valence-corrected chi connectivity index (χ1v) is 6.66. The summed E-state index contributed by atoms with van der Waals surface area (Å²) in [4.78, 5) is 24.9. The maximum atomic E-state index is 11.6. The number of halogens is 1. The van der Waals surface area contributed by atoms with E-state index in [4.69, 9.17) is 9.84 Å². The quantitative estimate of drug-likeness (QED) is 0.877. The van der Waals surface area contributed by atoms with Crippen molar-refractivity contribution in [2.45, 2.75) is 13.0 Å². The minimum Gasteiger partial charge on any atom is -0.487 e. The van der Waals surface area contributed by atoms with Crippen LogP contribution in [-0.4, -0.2) is 16.1 Å². The molecule has 0 amide bonds. The first kappa shape index (κ1) is 14.3. The Kier molecular flexibility index (Phi) is 4.57. The molecule has 1 aromatic heterocycles. The van der Waals surface area contributed by atoms with Crippen LogP contribution in [0.4, 0.5) is 0 Å². The minimum atomic E-state index is -0.992. The number of carbonyl (C=O) groups is 1. The van der Waals surface area contributed by atoms with Crippen LogP contribution in [0.3, 0.4) is 0 Å². The predicted molar refractivity (Wildman–Crippen MR) is 76.9 cm³/mol. The van der Waals surface area contributed by atoms with E-state index in [-0.39, 0.29) is 28.8 Å². The third-order valence-electron chi connectivity index (χ3n) is 2.64. The zero-order chi connectivity index (χ0) is 14.5. The van der Waals surface area contributed by atoms with Crippen molar-refractivity contribution < 1.29 is 14.6 Å². The number of pyridine rings is 1. The highest BCUT2D eigenvalue weighted by Gasteiger charge is 2.14. The predicted octanol–water partition coefficient (Wildman–Crippen LogP) is 2.34. The van der Waals surface area contributed by atoms with Crippen molar-refractivity contribution in [3.63, 3.8) is 0 Å². The maximum absolute atomic E-state index is 11.6. The molecule has 0 aliphatic rings. The van der Waals surface area contributed by atoms with Gasteiger partial charge in [-0.1, -0.05) is 30.3 Å². The third-order valence-corrected chi connectivity index (χ3v) is 3.36. The molecule has 0 fully saturated rings. The number of H-pyrrole nitrogens is 1. The van der Waals surface area contributed by atoms with Crippen molar-refractivity contribution in [2.24, 2.45) is 0 Å². The number of hydrogen-bond acceptors (Lipinski definition) is 3. The molecule has 1 aromatic carbocycles. The average molecular weight is 338 g/mol. The van der Waals surface area contributed by atoms with Crippen LogP contribution in [0, 0.1) is 0 Å². The van der Waals surface area contributed by atoms with Gasteiger partial charge in [-0.25, -0.2) is 0 Å². The summed E-state index contributed by atoms with van der Waals surface area (Å²) in [6.45, 7) is 0.259. The van der Waals surface area contributed by atoms with Crippen LogP contribution in [-0.2, 0) is 17.8 Å². The average Bonchev–Trinajstić information content (AvgIpc) is 2.43. The number of ether oxygens (including phenoxy) is 1. The molecule has 2 aromatic rings. The van der Waals surface area contributed by atoms with Crippen LogP contribution < -0.4 is 10.3 Å². The molecule has 104 valence electrons. The number of aromatic nitrogens is 1. The monoisotopic (exact) mass is 337 g/mol. The van der Waals surface area contributed by atoms with Crippen LogP contribution in [0.2, 0.25) is 0 Å². The summed E-state index contributed by atoms with van der Waals surface area (Å²) in [7, 11) is 0. The van der Waals surface area contributed by atoms with Crippen molar-refractivity contribution in [1.29, 1.82) is 0 Å². The third kappa shape index (κ3) is 3.48. The van der Waals surface area contributed by atoms with Crippen LogP contribution >= 0.6 is 15.9 Å². The molecule has 0 aliphatic heterocycles. The fraction of sp³-hybridized carbons (Fsp3) is 0.143. The summed E-state index contributed by atoms with van der Waals surface area (Å²) in [5, 5.41) is 8.87. The summed E-state index contributed by atoms with van der Waals surface area (Å²) in [5.74, 6) is -0.728. The van der Waals surface area contributed by atoms with Crippen molar-refractivity contribution in [3.8, 4) is 5.75 Å². The Morgan fingerprint density at radius 2 is 2.00 bits per heavy atom. The second-order valence-corrected chi connectivity index (χ2v) is 4.92. The molecule has 20 heavy (non-hydrogen) atoms. The summed E-state index contributed by atoms with van der Waals surface area (Å²) in [6.07, 6.45) is 1.14. The van der Waals surface area contributed by atoms with E-state index in [1.807, 2.05) is 30.3 Å². The fourth-order valence-electron chi connectivity index (χ4n) is 1.71. The Hall–Kier alpha value is -2.08. The van der Waals surface area contributed by atoms with E-state index in [9.17, 15) is 9.59 Å². The van der Waals surface area contributed by atoms with Crippen LogP contribution in [0.1, 0.15) is 11.1 Å². The number of carboxylic acids is 1. The molecule has 0 atom stereocenters. The molecule has 0 spiro atoms. The Morgan fingerprint density at radius 3 is 2.65 bits per heavy atom. The number of nitrogens with one attached hydrogen (secondary N) is 1. The van der Waals surface area contributed by atoms with Crippen molar-refractivity contribution in [1.82, 2.24) is 4.98 Å². The SMILES string of the molecule is O=C(O)Cc1c[nH]c(=O)c(Br)c1OCc1ccccc1. The summed E-state index contributed by atoms with van der Waals surface area (Å²) >= 11 is 3.13. The molecular formula is C14H12BrNO4. The standard InChI is InChI=1S/C14H12BrNO4/c15-12-13(20-8-9-4-2-1-3-5-9)10(6-11(17)18)7-16-14(12)19/h1-5,7H,6,8H2,(H,16,19)(H,17,18). The molecule has 0 radical (unpaired) electrons. The van der Waals surface area contributed by atoms with Gasteiger partial charge in [-0.2, -0.15) is 0 Å². The first-order valence-electron chi connectivity index (χ1n) is 5.86. The lowest BCUT2D eigenvalue weighted by Gasteiger charge is -2.11. The molecule has 0 bridgehead atoms. The second-order valence-electron chi connectivity index (χ2n) is 4.13. The van der Waals surface area contributed by atoms with Crippen molar-refractivity contribution in [2.75, 3.05) is 0 Å². The van der Waals surface area contributed by atoms with Crippen LogP contribution in [0.5, 0.6) is 5.75 Å². The zero-order valence-electron chi connectivity index (χ0n) is 10.4. The van der Waals surface area contributed by atoms with Gasteiger partial charge in [0.2, 0.25) is 0 Å². The first-order chi connectivity index (χ1) is 9.58. The Bertz CT molecular complexity index is 667. The van der Waals surface area contributed by atoms with Gasteiger partial charge in [-0.15, -0.1) is 0 Å². The molecule has 0 saturated carbocycles. The van der Waals surface area contributed by atoms with Gasteiger partial charge in [0.05, 0.1) is 6.42 Å². The Labute approximate surface area is 123 Å². The second kappa shape index (κ2) is 6.38. The van der Waals surface area contributed by atoms with Gasteiger partial charge < -0.3 is 14.8 Å². The smallest absolute Gasteiger partial charge is 0.308 e. The lowest BCUT2D eigenvalue weighted by atomic mass is 10.2. The van der Waals surface area contributed by atoms with E-state index in [2.05, 4.69) is 20.9 Å². The van der Waals surface area contributed by atoms with Gasteiger partial charge in [0.25, 0.3) is 5.56 Å². The van der Waals surface area contributed by atoms with E-state index in [0.717, 1.165) is 5.56 Å². The topological polar surface area (TPSA) is 79.4 Å². The highest BCUT2D eigenvalue weighted by molar-refractivity contribution is 9.10. The summed E-state index contributed by atoms with van der Waals surface area (Å²) in [6, 6.07) is 9.42. The fourth-order valence-corrected chi connectivity index (χ4v) is 2.19. The molecule has 0 saturated heterocycles. The molecular weight excluding hydrogens is 326 g/mol. The van der Waals surface area contributed by atoms with Gasteiger partial charge >= 0.3 is 5.97 Å². The lowest BCUT2D eigenvalue weighted by molar-refractivity contribution is -0.136. The minimum absolute atomic E-state index is 0.201. The van der Waals surface area contributed by atoms with Gasteiger partial charge in [-0.3, -0.25) is 9.59 Å². The lowest BCUT2D eigenvalue weighted by Crippen LogP contribution is -2.13. The zero-order valence-corrected chi connectivity index (χ0v) is 12.0. The van der Waals surface area contributed by atoms with E-state index >= 15 is 0 Å². The number of aromatic amines is 1. The van der Waals surface area contributed by atoms with E-state index in [1.165, 1.54) is 6.20 Å². The molecule has 2 N–H and O–H groups in total. The molecule has 5 nitrogen and oxygen atoms in total. The number of aliphatic carboxylic acids is 1. The van der Waals surface area contributed by atoms with Gasteiger partial charge in [0, 0.05) is 11.8 Å². The largest absolute Gasteiger partial charge is 0.487 e. The normalized spacial score (nSPS) is 10.2. The number of rotatable bonds is 5. The summed E-state index contributed by atoms with van der Waals surface area (Å²) < 4.78 is 5.81. The highest BCUT2D eigenvalue weighted by atomic mass is 79.9. The number of carboxylic acid groups (broad SMARTS) is 1.